The van der Waals surface area contributed by atoms with Gasteiger partial charge in [-0.2, -0.15) is 47.0 Å². The molecule has 1 aliphatic carbocycles. The molecule has 0 nitrogen and oxygen atoms in total. The maximum Gasteiger partial charge on any atom is 4.00 e. The second-order valence-electron chi connectivity index (χ2n) is 5.36. The Morgan fingerprint density at radius 3 is 1.96 bits per heavy atom. The van der Waals surface area contributed by atoms with Gasteiger partial charge in [-0.3, -0.25) is 0 Å². The molecular weight excluding hydrogens is 514 g/mol. The molecule has 3 aromatic carbocycles. The van der Waals surface area contributed by atoms with E-state index in [9.17, 15) is 0 Å². The van der Waals surface area contributed by atoms with Crippen LogP contribution in [0, 0.1) is 19.9 Å². The number of rotatable bonds is 0. The normalized spacial score (nSPS) is 9.20. The van der Waals surface area contributed by atoms with Crippen LogP contribution in [0.15, 0.2) is 73.8 Å². The quantitative estimate of drug-likeness (QED) is 0.168. The Kier molecular flexibility index (Phi) is 13.9. The van der Waals surface area contributed by atoms with E-state index in [-0.39, 0.29) is 50.7 Å². The fraction of sp³-hybridized carbons (Fsp3) is 0.136. The first kappa shape index (κ1) is 26.2. The van der Waals surface area contributed by atoms with Crippen molar-refractivity contribution in [2.45, 2.75) is 20.3 Å². The Labute approximate surface area is 183 Å². The van der Waals surface area contributed by atoms with Crippen molar-refractivity contribution in [3.8, 4) is 11.1 Å². The maximum absolute atomic E-state index is 3.30. The first-order valence-corrected chi connectivity index (χ1v) is 7.52. The topological polar surface area (TPSA) is 0 Å². The molecular formula is C22H22Cl2Hf. The van der Waals surface area contributed by atoms with E-state index in [4.69, 9.17) is 0 Å². The van der Waals surface area contributed by atoms with E-state index in [1.807, 2.05) is 6.07 Å². The Morgan fingerprint density at radius 1 is 0.840 bits per heavy atom. The first-order chi connectivity index (χ1) is 10.7. The molecule has 128 valence electrons. The van der Waals surface area contributed by atoms with E-state index in [0.717, 1.165) is 6.42 Å². The number of hydrogen-bond donors (Lipinski definition) is 0. The molecule has 3 aromatic rings. The zero-order chi connectivity index (χ0) is 15.9. The minimum Gasteiger partial charge on any atom is -1.00 e. The SMILES string of the molecule is C=C.Cc1ccc(C)[cH-]1.[Cl-].[Cl-].[Hf+4].[c-]1cccc2c1Cc1ccccc1-2. The summed E-state index contributed by atoms with van der Waals surface area (Å²) >= 11 is 0. The summed E-state index contributed by atoms with van der Waals surface area (Å²) in [6.45, 7) is 10.2. The van der Waals surface area contributed by atoms with Crippen LogP contribution in [0.5, 0.6) is 0 Å². The van der Waals surface area contributed by atoms with Gasteiger partial charge in [-0.05, 0) is 6.42 Å². The zero-order valence-corrected chi connectivity index (χ0v) is 19.8. The fourth-order valence-corrected chi connectivity index (χ4v) is 2.72. The summed E-state index contributed by atoms with van der Waals surface area (Å²) < 4.78 is 0. The van der Waals surface area contributed by atoms with Gasteiger partial charge in [0.25, 0.3) is 0 Å². The van der Waals surface area contributed by atoms with Crippen LogP contribution >= 0.6 is 0 Å². The molecule has 1 aliphatic rings. The summed E-state index contributed by atoms with van der Waals surface area (Å²) in [5, 5.41) is 0. The third kappa shape index (κ3) is 7.01. The molecule has 0 aromatic heterocycles. The third-order valence-electron chi connectivity index (χ3n) is 3.68. The van der Waals surface area contributed by atoms with Crippen LogP contribution in [0.1, 0.15) is 22.3 Å². The van der Waals surface area contributed by atoms with Crippen LogP contribution in [0.3, 0.4) is 0 Å². The molecule has 4 rings (SSSR count). The van der Waals surface area contributed by atoms with Crippen LogP contribution in [0.25, 0.3) is 11.1 Å². The largest absolute Gasteiger partial charge is 4.00 e. The summed E-state index contributed by atoms with van der Waals surface area (Å²) in [7, 11) is 0. The van der Waals surface area contributed by atoms with Crippen LogP contribution < -0.4 is 24.8 Å². The average molecular weight is 536 g/mol. The minimum atomic E-state index is 0. The molecule has 0 radical (unpaired) electrons. The molecule has 0 N–H and O–H groups in total. The molecule has 0 spiro atoms. The molecule has 0 bridgehead atoms. The average Bonchev–Trinajstić information content (AvgIpc) is 3.12. The molecule has 3 heteroatoms. The Morgan fingerprint density at radius 2 is 1.40 bits per heavy atom. The van der Waals surface area contributed by atoms with E-state index in [1.165, 1.54) is 33.4 Å². The van der Waals surface area contributed by atoms with Gasteiger partial charge in [-0.1, -0.05) is 49.2 Å². The zero-order valence-electron chi connectivity index (χ0n) is 14.7. The van der Waals surface area contributed by atoms with E-state index in [0.29, 0.717) is 0 Å². The molecule has 0 amide bonds. The van der Waals surface area contributed by atoms with Gasteiger partial charge in [-0.25, -0.2) is 12.1 Å². The van der Waals surface area contributed by atoms with Crippen molar-refractivity contribution in [1.82, 2.24) is 0 Å². The van der Waals surface area contributed by atoms with Crippen molar-refractivity contribution < 1.29 is 50.7 Å². The number of hydrogen-bond acceptors (Lipinski definition) is 0. The minimum absolute atomic E-state index is 0. The molecule has 0 unspecified atom stereocenters. The predicted molar refractivity (Wildman–Crippen MR) is 96.3 cm³/mol. The Balaban J connectivity index is 0. The standard InChI is InChI=1S/C13H9.C7H9.C2H4.2ClH.Hf/c1-3-7-12-10(5-1)9-11-6-2-4-8-13(11)12;1-6-3-4-7(2)5-6;1-2;;;/h1-5,7-8H,9H2;3-5H,1-2H3;1-2H2;2*1H;/q2*-1;;;;+4/p-2. The van der Waals surface area contributed by atoms with E-state index in [2.05, 4.69) is 87.7 Å². The second kappa shape index (κ2) is 13.2. The van der Waals surface area contributed by atoms with E-state index in [1.54, 1.807) is 0 Å². The molecule has 0 atom stereocenters. The Hall–Kier alpha value is -1.02. The molecule has 0 fully saturated rings. The third-order valence-corrected chi connectivity index (χ3v) is 3.68. The van der Waals surface area contributed by atoms with Crippen molar-refractivity contribution in [3.05, 3.63) is 102 Å². The van der Waals surface area contributed by atoms with Gasteiger partial charge in [0, 0.05) is 0 Å². The van der Waals surface area contributed by atoms with Gasteiger partial charge in [0.15, 0.2) is 0 Å². The van der Waals surface area contributed by atoms with Gasteiger partial charge in [0.1, 0.15) is 0 Å². The van der Waals surface area contributed by atoms with Gasteiger partial charge >= 0.3 is 25.8 Å². The summed E-state index contributed by atoms with van der Waals surface area (Å²) in [6, 6.07) is 24.5. The molecule has 0 saturated heterocycles. The van der Waals surface area contributed by atoms with Gasteiger partial charge < -0.3 is 24.8 Å². The smallest absolute Gasteiger partial charge is 1.00 e. The number of aryl methyl sites for hydroxylation is 2. The van der Waals surface area contributed by atoms with Crippen LogP contribution in [-0.4, -0.2) is 0 Å². The van der Waals surface area contributed by atoms with Crippen molar-refractivity contribution in [1.29, 1.82) is 0 Å². The molecule has 0 saturated carbocycles. The van der Waals surface area contributed by atoms with Crippen molar-refractivity contribution in [2.75, 3.05) is 0 Å². The molecule has 25 heavy (non-hydrogen) atoms. The van der Waals surface area contributed by atoms with Crippen molar-refractivity contribution >= 4 is 0 Å². The van der Waals surface area contributed by atoms with Crippen LogP contribution in [0.4, 0.5) is 0 Å². The maximum atomic E-state index is 3.30. The van der Waals surface area contributed by atoms with Crippen molar-refractivity contribution in [2.24, 2.45) is 0 Å². The van der Waals surface area contributed by atoms with E-state index < -0.39 is 0 Å². The summed E-state index contributed by atoms with van der Waals surface area (Å²) in [5.41, 5.74) is 8.23. The van der Waals surface area contributed by atoms with Crippen LogP contribution in [0.2, 0.25) is 0 Å². The second-order valence-corrected chi connectivity index (χ2v) is 5.36. The predicted octanol–water partition coefficient (Wildman–Crippen LogP) is -0.112. The first-order valence-electron chi connectivity index (χ1n) is 7.52. The number of benzene rings is 2. The van der Waals surface area contributed by atoms with Gasteiger partial charge in [-0.15, -0.1) is 18.7 Å². The summed E-state index contributed by atoms with van der Waals surface area (Å²) in [4.78, 5) is 0. The van der Waals surface area contributed by atoms with E-state index >= 15 is 0 Å². The van der Waals surface area contributed by atoms with Crippen LogP contribution in [-0.2, 0) is 32.3 Å². The fourth-order valence-electron chi connectivity index (χ4n) is 2.72. The van der Waals surface area contributed by atoms with Gasteiger partial charge in [0.05, 0.1) is 0 Å². The molecule has 0 heterocycles. The Bertz CT molecular complexity index is 687. The number of fused-ring (bicyclic) bond motifs is 3. The van der Waals surface area contributed by atoms with Crippen molar-refractivity contribution in [3.63, 3.8) is 0 Å². The van der Waals surface area contributed by atoms with Gasteiger partial charge in [0.2, 0.25) is 0 Å². The number of halogens is 2. The summed E-state index contributed by atoms with van der Waals surface area (Å²) in [5.74, 6) is 0. The molecule has 0 aliphatic heterocycles. The monoisotopic (exact) mass is 536 g/mol. The summed E-state index contributed by atoms with van der Waals surface area (Å²) in [6.07, 6.45) is 1.05.